The van der Waals surface area contributed by atoms with Crippen molar-refractivity contribution in [2.45, 2.75) is 9.79 Å². The summed E-state index contributed by atoms with van der Waals surface area (Å²) in [5.74, 6) is -1.09. The third-order valence-corrected chi connectivity index (χ3v) is 2.49. The van der Waals surface area contributed by atoms with E-state index in [4.69, 9.17) is 10.5 Å². The van der Waals surface area contributed by atoms with E-state index in [1.807, 2.05) is 0 Å². The number of nitriles is 2. The predicted molar refractivity (Wildman–Crippen MR) is 59.5 cm³/mol. The van der Waals surface area contributed by atoms with Crippen LogP contribution in [-0.4, -0.2) is 29.1 Å². The molecule has 0 fully saturated rings. The molecule has 0 saturated carbocycles. The largest absolute Gasteiger partial charge is 0.503 e. The molecule has 4 nitrogen and oxygen atoms in total. The Kier molecular flexibility index (Phi) is 4.94. The van der Waals surface area contributed by atoms with E-state index in [0.717, 1.165) is 0 Å². The Morgan fingerprint density at radius 2 is 1.13 bits per heavy atom. The maximum Gasteiger partial charge on any atom is 0.173 e. The normalized spacial score (nSPS) is 8.53. The van der Waals surface area contributed by atoms with E-state index in [2.05, 4.69) is 25.3 Å². The van der Waals surface area contributed by atoms with Crippen LogP contribution < -0.4 is 0 Å². The van der Waals surface area contributed by atoms with Gasteiger partial charge < -0.3 is 10.2 Å². The first-order chi connectivity index (χ1) is 6.54. The van der Waals surface area contributed by atoms with Crippen LogP contribution in [0.15, 0.2) is 9.79 Å². The Bertz CT molecular complexity index is 446. The fourth-order valence-electron chi connectivity index (χ4n) is 0.916. The minimum atomic E-state index is -0.547. The van der Waals surface area contributed by atoms with Crippen molar-refractivity contribution in [1.29, 1.82) is 10.5 Å². The van der Waals surface area contributed by atoms with Gasteiger partial charge in [0.15, 0.2) is 11.5 Å². The van der Waals surface area contributed by atoms with Crippen molar-refractivity contribution >= 4 is 44.1 Å². The first-order valence-corrected chi connectivity index (χ1v) is 4.24. The number of phenols is 2. The number of hydrogen-bond acceptors (Lipinski definition) is 6. The van der Waals surface area contributed by atoms with Crippen LogP contribution in [0.4, 0.5) is 0 Å². The van der Waals surface area contributed by atoms with Crippen LogP contribution in [-0.2, 0) is 0 Å². The van der Waals surface area contributed by atoms with Crippen LogP contribution in [0.3, 0.4) is 0 Å². The van der Waals surface area contributed by atoms with Crippen molar-refractivity contribution in [3.05, 3.63) is 11.1 Å². The zero-order valence-electron chi connectivity index (χ0n) is 7.68. The molecule has 1 radical (unpaired) electrons. The smallest absolute Gasteiger partial charge is 0.173 e. The maximum absolute atomic E-state index is 9.28. The summed E-state index contributed by atoms with van der Waals surface area (Å²) in [5.41, 5.74) is -0.202. The summed E-state index contributed by atoms with van der Waals surface area (Å²) in [7, 11) is 0. The van der Waals surface area contributed by atoms with Crippen LogP contribution in [0.1, 0.15) is 11.1 Å². The average molecular weight is 231 g/mol. The van der Waals surface area contributed by atoms with Gasteiger partial charge >= 0.3 is 0 Å². The second kappa shape index (κ2) is 5.26. The summed E-state index contributed by atoms with van der Waals surface area (Å²) in [5, 5.41) is 36.0. The Balaban J connectivity index is 0.00000196. The van der Waals surface area contributed by atoms with E-state index < -0.39 is 11.5 Å². The van der Waals surface area contributed by atoms with Gasteiger partial charge in [-0.3, -0.25) is 0 Å². The van der Waals surface area contributed by atoms with Crippen molar-refractivity contribution in [1.82, 2.24) is 0 Å². The Labute approximate surface area is 109 Å². The molecule has 0 aliphatic rings. The maximum atomic E-state index is 9.28. The monoisotopic (exact) mass is 231 g/mol. The Hall–Kier alpha value is -0.903. The minimum Gasteiger partial charge on any atom is -0.503 e. The number of rotatable bonds is 0. The van der Waals surface area contributed by atoms with E-state index in [1.165, 1.54) is 0 Å². The quantitative estimate of drug-likeness (QED) is 0.305. The van der Waals surface area contributed by atoms with Crippen molar-refractivity contribution in [3.8, 4) is 23.6 Å². The summed E-state index contributed by atoms with van der Waals surface area (Å²) in [4.78, 5) is -0.251. The van der Waals surface area contributed by atoms with E-state index in [9.17, 15) is 10.2 Å². The first kappa shape index (κ1) is 14.1. The van der Waals surface area contributed by atoms with E-state index in [1.54, 1.807) is 12.1 Å². The summed E-state index contributed by atoms with van der Waals surface area (Å²) in [6.07, 6.45) is 0. The average Bonchev–Trinajstić information content (AvgIpc) is 2.20. The molecule has 1 aromatic rings. The molecule has 0 unspecified atom stereocenters. The van der Waals surface area contributed by atoms with E-state index >= 15 is 0 Å². The standard InChI is InChI=1S/C8H4N2O2S2.Li/c9-1-3-4(2-10)8(14)6(12)5(11)7(3)13;/h11-14H;. The molecular formula is C8H4LiN2O2S2. The molecule has 0 saturated heterocycles. The molecular weight excluding hydrogens is 227 g/mol. The predicted octanol–water partition coefficient (Wildman–Crippen LogP) is 1.04. The van der Waals surface area contributed by atoms with Gasteiger partial charge in [-0.1, -0.05) is 0 Å². The molecule has 1 rings (SSSR count). The molecule has 2 N–H and O–H groups in total. The van der Waals surface area contributed by atoms with Crippen LogP contribution >= 0.6 is 25.3 Å². The molecule has 0 heterocycles. The molecule has 0 spiro atoms. The molecule has 0 aliphatic carbocycles. The molecule has 71 valence electrons. The minimum absolute atomic E-state index is 0. The van der Waals surface area contributed by atoms with Gasteiger partial charge in [-0.05, 0) is 0 Å². The SMILES string of the molecule is N#Cc1c(S)c(O)c(O)c(S)c1C#N.[Li]. The number of hydrogen-bond donors (Lipinski definition) is 4. The third-order valence-electron chi connectivity index (χ3n) is 1.62. The van der Waals surface area contributed by atoms with Gasteiger partial charge in [0.05, 0.1) is 20.9 Å². The molecule has 1 aromatic carbocycles. The zero-order valence-corrected chi connectivity index (χ0v) is 9.47. The zero-order chi connectivity index (χ0) is 10.9. The van der Waals surface area contributed by atoms with Gasteiger partial charge in [0.25, 0.3) is 0 Å². The summed E-state index contributed by atoms with van der Waals surface area (Å²) in [6, 6.07) is 3.41. The Morgan fingerprint density at radius 1 is 0.867 bits per heavy atom. The molecule has 0 bridgehead atoms. The topological polar surface area (TPSA) is 88.0 Å². The van der Waals surface area contributed by atoms with Crippen molar-refractivity contribution in [3.63, 3.8) is 0 Å². The van der Waals surface area contributed by atoms with Gasteiger partial charge in [-0.15, -0.1) is 25.3 Å². The van der Waals surface area contributed by atoms with Crippen LogP contribution in [0.2, 0.25) is 0 Å². The number of thiol groups is 2. The Morgan fingerprint density at radius 3 is 1.33 bits per heavy atom. The summed E-state index contributed by atoms with van der Waals surface area (Å²) in [6.45, 7) is 0. The molecule has 0 aromatic heterocycles. The number of nitrogens with zero attached hydrogens (tertiary/aromatic N) is 2. The molecule has 7 heteroatoms. The van der Waals surface area contributed by atoms with Crippen LogP contribution in [0, 0.1) is 22.7 Å². The fourth-order valence-corrected chi connectivity index (χ4v) is 1.45. The summed E-state index contributed by atoms with van der Waals surface area (Å²) < 4.78 is 0. The number of benzene rings is 1. The van der Waals surface area contributed by atoms with Crippen molar-refractivity contribution in [2.24, 2.45) is 0 Å². The van der Waals surface area contributed by atoms with E-state index in [0.29, 0.717) is 0 Å². The van der Waals surface area contributed by atoms with Gasteiger partial charge in [0, 0.05) is 18.9 Å². The van der Waals surface area contributed by atoms with Crippen LogP contribution in [0.5, 0.6) is 11.5 Å². The van der Waals surface area contributed by atoms with Gasteiger partial charge in [0.2, 0.25) is 0 Å². The van der Waals surface area contributed by atoms with Gasteiger partial charge in [-0.2, -0.15) is 10.5 Å². The van der Waals surface area contributed by atoms with Crippen molar-refractivity contribution < 1.29 is 10.2 Å². The van der Waals surface area contributed by atoms with E-state index in [-0.39, 0.29) is 39.8 Å². The second-order valence-corrected chi connectivity index (χ2v) is 3.26. The van der Waals surface area contributed by atoms with Gasteiger partial charge in [-0.25, -0.2) is 0 Å². The third kappa shape index (κ3) is 2.20. The number of aromatic hydroxyl groups is 2. The summed E-state index contributed by atoms with van der Waals surface area (Å²) >= 11 is 7.63. The fraction of sp³-hybridized carbons (Fsp3) is 0. The van der Waals surface area contributed by atoms with Crippen molar-refractivity contribution in [2.75, 3.05) is 0 Å². The second-order valence-electron chi connectivity index (χ2n) is 2.37. The molecule has 15 heavy (non-hydrogen) atoms. The molecule has 0 atom stereocenters. The van der Waals surface area contributed by atoms with Crippen LogP contribution in [0.25, 0.3) is 0 Å². The first-order valence-electron chi connectivity index (χ1n) is 3.34. The molecule has 0 aliphatic heterocycles. The number of phenolic OH excluding ortho intramolecular Hbond substituents is 2. The van der Waals surface area contributed by atoms with Gasteiger partial charge in [0.1, 0.15) is 12.1 Å². The molecule has 0 amide bonds.